The molecule has 7 heteroatoms. The SMILES string of the molecule is O=S(=O)(c1ccc(CNCc2cc(Cl)cc(Cl)c2)cc1)N1CCCC1. The van der Waals surface area contributed by atoms with Gasteiger partial charge < -0.3 is 5.32 Å². The Balaban J connectivity index is 1.59. The number of nitrogens with zero attached hydrogens (tertiary/aromatic N) is 1. The van der Waals surface area contributed by atoms with Crippen LogP contribution in [0.15, 0.2) is 47.4 Å². The summed E-state index contributed by atoms with van der Waals surface area (Å²) in [6, 6.07) is 12.5. The lowest BCUT2D eigenvalue weighted by Crippen LogP contribution is -2.27. The third-order valence-electron chi connectivity index (χ3n) is 4.21. The van der Waals surface area contributed by atoms with Crippen LogP contribution in [0.2, 0.25) is 10.0 Å². The maximum Gasteiger partial charge on any atom is 0.243 e. The van der Waals surface area contributed by atoms with Crippen LogP contribution >= 0.6 is 23.2 Å². The molecule has 2 aromatic carbocycles. The number of hydrogen-bond acceptors (Lipinski definition) is 3. The van der Waals surface area contributed by atoms with Crippen molar-refractivity contribution in [3.05, 3.63) is 63.6 Å². The predicted octanol–water partition coefficient (Wildman–Crippen LogP) is 4.07. The fourth-order valence-electron chi connectivity index (χ4n) is 2.92. The minimum atomic E-state index is -3.34. The van der Waals surface area contributed by atoms with E-state index in [2.05, 4.69) is 5.32 Å². The van der Waals surface area contributed by atoms with Gasteiger partial charge in [0.1, 0.15) is 0 Å². The van der Waals surface area contributed by atoms with E-state index in [4.69, 9.17) is 23.2 Å². The van der Waals surface area contributed by atoms with Crippen molar-refractivity contribution < 1.29 is 8.42 Å². The van der Waals surface area contributed by atoms with Gasteiger partial charge in [-0.3, -0.25) is 0 Å². The molecule has 1 N–H and O–H groups in total. The molecule has 25 heavy (non-hydrogen) atoms. The molecule has 0 unspecified atom stereocenters. The minimum absolute atomic E-state index is 0.361. The van der Waals surface area contributed by atoms with Crippen molar-refractivity contribution in [2.24, 2.45) is 0 Å². The van der Waals surface area contributed by atoms with Crippen LogP contribution in [0.1, 0.15) is 24.0 Å². The normalized spacial score (nSPS) is 15.6. The second-order valence-corrected chi connectivity index (χ2v) is 8.95. The molecule has 4 nitrogen and oxygen atoms in total. The zero-order chi connectivity index (χ0) is 17.9. The van der Waals surface area contributed by atoms with Gasteiger partial charge in [-0.05, 0) is 54.3 Å². The van der Waals surface area contributed by atoms with Gasteiger partial charge in [-0.15, -0.1) is 0 Å². The van der Waals surface area contributed by atoms with Gasteiger partial charge in [0.25, 0.3) is 0 Å². The lowest BCUT2D eigenvalue weighted by Gasteiger charge is -2.15. The second kappa shape index (κ2) is 8.06. The quantitative estimate of drug-likeness (QED) is 0.797. The molecule has 0 radical (unpaired) electrons. The van der Waals surface area contributed by atoms with Crippen LogP contribution in [0.5, 0.6) is 0 Å². The molecule has 0 atom stereocenters. The van der Waals surface area contributed by atoms with Crippen LogP contribution in [0.25, 0.3) is 0 Å². The maximum absolute atomic E-state index is 12.5. The van der Waals surface area contributed by atoms with E-state index < -0.39 is 10.0 Å². The third kappa shape index (κ3) is 4.74. The average Bonchev–Trinajstić information content (AvgIpc) is 3.10. The highest BCUT2D eigenvalue weighted by molar-refractivity contribution is 7.89. The summed E-state index contributed by atoms with van der Waals surface area (Å²) in [5.74, 6) is 0. The number of benzene rings is 2. The van der Waals surface area contributed by atoms with E-state index in [1.54, 1.807) is 22.5 Å². The summed E-state index contributed by atoms with van der Waals surface area (Å²) in [4.78, 5) is 0.361. The maximum atomic E-state index is 12.5. The zero-order valence-electron chi connectivity index (χ0n) is 13.7. The first-order chi connectivity index (χ1) is 11.9. The molecule has 0 aliphatic carbocycles. The Morgan fingerprint density at radius 1 is 0.880 bits per heavy atom. The zero-order valence-corrected chi connectivity index (χ0v) is 16.0. The van der Waals surface area contributed by atoms with Gasteiger partial charge in [0.2, 0.25) is 10.0 Å². The van der Waals surface area contributed by atoms with Crippen LogP contribution in [-0.4, -0.2) is 25.8 Å². The third-order valence-corrected chi connectivity index (χ3v) is 6.56. The van der Waals surface area contributed by atoms with E-state index in [9.17, 15) is 8.42 Å². The molecule has 0 amide bonds. The molecule has 1 saturated heterocycles. The van der Waals surface area contributed by atoms with Gasteiger partial charge in [0.05, 0.1) is 4.90 Å². The molecule has 134 valence electrons. The molecule has 0 saturated carbocycles. The number of hydrogen-bond donors (Lipinski definition) is 1. The summed E-state index contributed by atoms with van der Waals surface area (Å²) < 4.78 is 26.5. The molecule has 1 fully saturated rings. The average molecular weight is 399 g/mol. The van der Waals surface area contributed by atoms with E-state index in [0.29, 0.717) is 41.1 Å². The van der Waals surface area contributed by atoms with E-state index in [-0.39, 0.29) is 0 Å². The Bertz CT molecular complexity index is 812. The van der Waals surface area contributed by atoms with E-state index >= 15 is 0 Å². The van der Waals surface area contributed by atoms with Crippen molar-refractivity contribution in [1.29, 1.82) is 0 Å². The van der Waals surface area contributed by atoms with Gasteiger partial charge >= 0.3 is 0 Å². The fourth-order valence-corrected chi connectivity index (χ4v) is 5.01. The molecule has 1 heterocycles. The highest BCUT2D eigenvalue weighted by Gasteiger charge is 2.26. The van der Waals surface area contributed by atoms with Gasteiger partial charge in [-0.25, -0.2) is 8.42 Å². The Morgan fingerprint density at radius 3 is 2.04 bits per heavy atom. The molecule has 0 spiro atoms. The van der Waals surface area contributed by atoms with Crippen molar-refractivity contribution in [1.82, 2.24) is 9.62 Å². The molecule has 0 aromatic heterocycles. The molecule has 2 aromatic rings. The fraction of sp³-hybridized carbons (Fsp3) is 0.333. The van der Waals surface area contributed by atoms with Crippen molar-refractivity contribution in [3.63, 3.8) is 0 Å². The van der Waals surface area contributed by atoms with Gasteiger partial charge in [-0.2, -0.15) is 4.31 Å². The molecule has 1 aliphatic heterocycles. The first-order valence-corrected chi connectivity index (χ1v) is 10.4. The topological polar surface area (TPSA) is 49.4 Å². The number of sulfonamides is 1. The molecule has 3 rings (SSSR count). The summed E-state index contributed by atoms with van der Waals surface area (Å²) in [5.41, 5.74) is 2.03. The largest absolute Gasteiger partial charge is 0.309 e. The number of halogens is 2. The number of nitrogens with one attached hydrogen (secondary N) is 1. The van der Waals surface area contributed by atoms with Crippen LogP contribution in [-0.2, 0) is 23.1 Å². The first-order valence-electron chi connectivity index (χ1n) is 8.20. The minimum Gasteiger partial charge on any atom is -0.309 e. The lowest BCUT2D eigenvalue weighted by molar-refractivity contribution is 0.477. The van der Waals surface area contributed by atoms with Gasteiger partial charge in [-0.1, -0.05) is 35.3 Å². The van der Waals surface area contributed by atoms with Crippen molar-refractivity contribution >= 4 is 33.2 Å². The second-order valence-electron chi connectivity index (χ2n) is 6.14. The smallest absolute Gasteiger partial charge is 0.243 e. The van der Waals surface area contributed by atoms with E-state index in [1.807, 2.05) is 24.3 Å². The Morgan fingerprint density at radius 2 is 1.44 bits per heavy atom. The Hall–Kier alpha value is -1.11. The summed E-state index contributed by atoms with van der Waals surface area (Å²) in [7, 11) is -3.34. The molecule has 0 bridgehead atoms. The summed E-state index contributed by atoms with van der Waals surface area (Å²) in [5, 5.41) is 4.53. The van der Waals surface area contributed by atoms with Crippen molar-refractivity contribution in [3.8, 4) is 0 Å². The summed E-state index contributed by atoms with van der Waals surface area (Å²) in [6.07, 6.45) is 1.88. The Kier molecular flexibility index (Phi) is 6.02. The lowest BCUT2D eigenvalue weighted by atomic mass is 10.2. The van der Waals surface area contributed by atoms with Crippen molar-refractivity contribution in [2.45, 2.75) is 30.8 Å². The van der Waals surface area contributed by atoms with Crippen LogP contribution in [0.4, 0.5) is 0 Å². The van der Waals surface area contributed by atoms with Crippen LogP contribution in [0.3, 0.4) is 0 Å². The molecular weight excluding hydrogens is 379 g/mol. The van der Waals surface area contributed by atoms with Crippen LogP contribution < -0.4 is 5.32 Å². The van der Waals surface area contributed by atoms with Gasteiger partial charge in [0.15, 0.2) is 0 Å². The van der Waals surface area contributed by atoms with E-state index in [1.165, 1.54) is 0 Å². The predicted molar refractivity (Wildman–Crippen MR) is 101 cm³/mol. The van der Waals surface area contributed by atoms with Crippen LogP contribution in [0, 0.1) is 0 Å². The first kappa shape index (κ1) is 18.7. The summed E-state index contributed by atoms with van der Waals surface area (Å²) in [6.45, 7) is 2.50. The summed E-state index contributed by atoms with van der Waals surface area (Å²) >= 11 is 12.0. The molecule has 1 aliphatic rings. The number of rotatable bonds is 6. The standard InChI is InChI=1S/C18H20Cl2N2O2S/c19-16-9-15(10-17(20)11-16)13-21-12-14-3-5-18(6-4-14)25(23,24)22-7-1-2-8-22/h3-6,9-11,21H,1-2,7-8,12-13H2. The van der Waals surface area contributed by atoms with Gasteiger partial charge in [0, 0.05) is 36.2 Å². The highest BCUT2D eigenvalue weighted by Crippen LogP contribution is 2.21. The molecular formula is C18H20Cl2N2O2S. The van der Waals surface area contributed by atoms with Crippen molar-refractivity contribution in [2.75, 3.05) is 13.1 Å². The Labute approximate surface area is 158 Å². The monoisotopic (exact) mass is 398 g/mol. The highest BCUT2D eigenvalue weighted by atomic mass is 35.5. The van der Waals surface area contributed by atoms with E-state index in [0.717, 1.165) is 24.0 Å².